The Kier molecular flexibility index (Phi) is 4.77. The largest absolute Gasteiger partial charge is 0.317 e. The molecule has 1 aliphatic rings. The van der Waals surface area contributed by atoms with E-state index in [1.807, 2.05) is 42.5 Å². The molecule has 8 heteroatoms. The fourth-order valence-corrected chi connectivity index (χ4v) is 3.56. The zero-order valence-corrected chi connectivity index (χ0v) is 15.3. The molecule has 1 N–H and O–H groups in total. The van der Waals surface area contributed by atoms with Gasteiger partial charge in [-0.1, -0.05) is 24.3 Å². The highest BCUT2D eigenvalue weighted by Crippen LogP contribution is 2.29. The van der Waals surface area contributed by atoms with Crippen molar-refractivity contribution >= 4 is 40.3 Å². The summed E-state index contributed by atoms with van der Waals surface area (Å²) in [6, 6.07) is 19.4. The van der Waals surface area contributed by atoms with Gasteiger partial charge in [0.1, 0.15) is 0 Å². The summed E-state index contributed by atoms with van der Waals surface area (Å²) in [6.45, 7) is 0. The lowest BCUT2D eigenvalue weighted by molar-refractivity contribution is -0.384. The van der Waals surface area contributed by atoms with E-state index in [1.54, 1.807) is 29.0 Å². The van der Waals surface area contributed by atoms with Gasteiger partial charge in [0.25, 0.3) is 11.6 Å². The predicted molar refractivity (Wildman–Crippen MR) is 110 cm³/mol. The summed E-state index contributed by atoms with van der Waals surface area (Å²) in [4.78, 5) is 27.8. The van der Waals surface area contributed by atoms with Crippen LogP contribution in [-0.2, 0) is 4.79 Å². The van der Waals surface area contributed by atoms with Crippen LogP contribution in [0.5, 0.6) is 0 Å². The lowest BCUT2D eigenvalue weighted by Crippen LogP contribution is -2.19. The van der Waals surface area contributed by atoms with Gasteiger partial charge >= 0.3 is 0 Å². The second-order valence-electron chi connectivity index (χ2n) is 5.90. The van der Waals surface area contributed by atoms with E-state index in [0.717, 1.165) is 11.4 Å². The number of para-hydroxylation sites is 1. The van der Waals surface area contributed by atoms with Gasteiger partial charge in [0.15, 0.2) is 5.17 Å². The third-order valence-corrected chi connectivity index (χ3v) is 4.93. The Balaban J connectivity index is 1.63. The Morgan fingerprint density at radius 2 is 1.89 bits per heavy atom. The number of nitro groups is 1. The van der Waals surface area contributed by atoms with Gasteiger partial charge in [-0.2, -0.15) is 0 Å². The summed E-state index contributed by atoms with van der Waals surface area (Å²) in [5, 5.41) is 14.3. The highest BCUT2D eigenvalue weighted by atomic mass is 32.2. The predicted octanol–water partition coefficient (Wildman–Crippen LogP) is 4.28. The normalized spacial score (nSPS) is 16.5. The molecule has 4 rings (SSSR count). The highest BCUT2D eigenvalue weighted by molar-refractivity contribution is 8.18. The third-order valence-electron chi connectivity index (χ3n) is 4.02. The number of nitro benzene ring substituents is 1. The summed E-state index contributed by atoms with van der Waals surface area (Å²) < 4.78 is 1.79. The van der Waals surface area contributed by atoms with Crippen LogP contribution >= 0.6 is 11.8 Å². The Morgan fingerprint density at radius 3 is 2.68 bits per heavy atom. The molecule has 0 unspecified atom stereocenters. The number of amides is 1. The average Bonchev–Trinajstić information content (AvgIpc) is 3.29. The van der Waals surface area contributed by atoms with Crippen LogP contribution < -0.4 is 5.32 Å². The zero-order valence-electron chi connectivity index (χ0n) is 14.5. The van der Waals surface area contributed by atoms with E-state index in [4.69, 9.17) is 0 Å². The molecule has 1 aromatic heterocycles. The van der Waals surface area contributed by atoms with E-state index >= 15 is 0 Å². The van der Waals surface area contributed by atoms with Crippen molar-refractivity contribution in [1.82, 2.24) is 9.88 Å². The van der Waals surface area contributed by atoms with Gasteiger partial charge in [-0.05, 0) is 48.2 Å². The summed E-state index contributed by atoms with van der Waals surface area (Å²) >= 11 is 1.25. The Morgan fingerprint density at radius 1 is 1.07 bits per heavy atom. The number of nitrogens with zero attached hydrogens (tertiary/aromatic N) is 3. The second kappa shape index (κ2) is 7.53. The molecule has 0 radical (unpaired) electrons. The molecule has 3 aromatic rings. The molecule has 2 heterocycles. The van der Waals surface area contributed by atoms with Crippen molar-refractivity contribution in [2.45, 2.75) is 0 Å². The number of aromatic nitrogens is 1. The number of thioether (sulfide) groups is 1. The van der Waals surface area contributed by atoms with Crippen molar-refractivity contribution in [2.75, 3.05) is 0 Å². The molecule has 0 saturated carbocycles. The van der Waals surface area contributed by atoms with Gasteiger partial charge in [-0.3, -0.25) is 14.9 Å². The van der Waals surface area contributed by atoms with Gasteiger partial charge in [-0.25, -0.2) is 4.99 Å². The smallest absolute Gasteiger partial charge is 0.271 e. The first-order valence-corrected chi connectivity index (χ1v) is 9.18. The molecule has 2 aromatic carbocycles. The van der Waals surface area contributed by atoms with Crippen molar-refractivity contribution in [3.8, 4) is 5.69 Å². The van der Waals surface area contributed by atoms with Crippen LogP contribution in [0.1, 0.15) is 5.69 Å². The summed E-state index contributed by atoms with van der Waals surface area (Å²) in [7, 11) is 0. The van der Waals surface area contributed by atoms with Crippen LogP contribution in [-0.4, -0.2) is 20.6 Å². The third kappa shape index (κ3) is 3.72. The molecule has 1 fully saturated rings. The van der Waals surface area contributed by atoms with Gasteiger partial charge < -0.3 is 9.88 Å². The highest BCUT2D eigenvalue weighted by Gasteiger charge is 2.24. The fourth-order valence-electron chi connectivity index (χ4n) is 2.74. The monoisotopic (exact) mass is 390 g/mol. The van der Waals surface area contributed by atoms with E-state index in [2.05, 4.69) is 10.3 Å². The quantitative estimate of drug-likeness (QED) is 0.409. The summed E-state index contributed by atoms with van der Waals surface area (Å²) in [6.07, 6.45) is 3.54. The number of carbonyl (C=O) groups excluding carboxylic acids is 1. The molecular formula is C20H14N4O3S. The molecule has 0 spiro atoms. The maximum atomic E-state index is 12.3. The van der Waals surface area contributed by atoms with Crippen LogP contribution in [0.15, 0.2) is 82.8 Å². The number of aliphatic imine (C=N–C) groups is 1. The molecule has 1 saturated heterocycles. The molecule has 0 aliphatic carbocycles. The number of hydrogen-bond donors (Lipinski definition) is 1. The number of rotatable bonds is 4. The van der Waals surface area contributed by atoms with Gasteiger partial charge in [0.2, 0.25) is 0 Å². The first kappa shape index (κ1) is 17.7. The van der Waals surface area contributed by atoms with Crippen molar-refractivity contribution in [1.29, 1.82) is 0 Å². The number of non-ortho nitro benzene ring substituents is 1. The summed E-state index contributed by atoms with van der Waals surface area (Å²) in [5.41, 5.74) is 2.15. The Labute approximate surface area is 164 Å². The van der Waals surface area contributed by atoms with E-state index < -0.39 is 4.92 Å². The van der Waals surface area contributed by atoms with Crippen molar-refractivity contribution in [3.05, 3.63) is 93.6 Å². The first-order chi connectivity index (χ1) is 13.6. The fraction of sp³-hybridized carbons (Fsp3) is 0. The van der Waals surface area contributed by atoms with E-state index in [9.17, 15) is 14.9 Å². The molecule has 1 aliphatic heterocycles. The maximum Gasteiger partial charge on any atom is 0.271 e. The second-order valence-corrected chi connectivity index (χ2v) is 6.93. The first-order valence-electron chi connectivity index (χ1n) is 8.37. The minimum atomic E-state index is -0.433. The van der Waals surface area contributed by atoms with E-state index in [0.29, 0.717) is 15.8 Å². The van der Waals surface area contributed by atoms with Crippen LogP contribution in [0, 0.1) is 10.1 Å². The van der Waals surface area contributed by atoms with Crippen LogP contribution in [0.4, 0.5) is 11.4 Å². The van der Waals surface area contributed by atoms with Gasteiger partial charge in [0, 0.05) is 24.0 Å². The minimum Gasteiger partial charge on any atom is -0.317 e. The molecule has 0 bridgehead atoms. The number of hydrogen-bond acceptors (Lipinski definition) is 5. The minimum absolute atomic E-state index is 0.00932. The number of amidine groups is 1. The standard InChI is InChI=1S/C20H14N4O3S/c25-19-18(28-20(22-19)21-14-6-2-1-3-7-14)13-16-10-5-11-23(16)15-8-4-9-17(12-15)24(26)27/h1-13H,(H,21,22,25)/b18-13+. The van der Waals surface area contributed by atoms with Crippen molar-refractivity contribution in [2.24, 2.45) is 4.99 Å². The lowest BCUT2D eigenvalue weighted by atomic mass is 10.2. The van der Waals surface area contributed by atoms with Crippen molar-refractivity contribution in [3.63, 3.8) is 0 Å². The van der Waals surface area contributed by atoms with Gasteiger partial charge in [0.05, 0.1) is 21.2 Å². The van der Waals surface area contributed by atoms with E-state index in [1.165, 1.54) is 23.9 Å². The van der Waals surface area contributed by atoms with Crippen LogP contribution in [0.25, 0.3) is 11.8 Å². The van der Waals surface area contributed by atoms with Crippen molar-refractivity contribution < 1.29 is 9.72 Å². The molecule has 28 heavy (non-hydrogen) atoms. The van der Waals surface area contributed by atoms with E-state index in [-0.39, 0.29) is 11.6 Å². The molecule has 7 nitrogen and oxygen atoms in total. The summed E-state index contributed by atoms with van der Waals surface area (Å²) in [5.74, 6) is -0.230. The number of nitrogens with one attached hydrogen (secondary N) is 1. The van der Waals surface area contributed by atoms with Gasteiger partial charge in [-0.15, -0.1) is 0 Å². The zero-order chi connectivity index (χ0) is 19.5. The van der Waals surface area contributed by atoms with Crippen LogP contribution in [0.2, 0.25) is 0 Å². The molecule has 138 valence electrons. The molecule has 0 atom stereocenters. The van der Waals surface area contributed by atoms with Crippen LogP contribution in [0.3, 0.4) is 0 Å². The number of benzene rings is 2. The lowest BCUT2D eigenvalue weighted by Gasteiger charge is -2.06. The molecular weight excluding hydrogens is 376 g/mol. The Hall–Kier alpha value is -3.65. The SMILES string of the molecule is O=C1NC(=Nc2ccccc2)S/C1=C/c1cccn1-c1cccc([N+](=O)[O-])c1. The maximum absolute atomic E-state index is 12.3. The molecule has 1 amide bonds. The topological polar surface area (TPSA) is 89.5 Å². The Bertz CT molecular complexity index is 1120. The average molecular weight is 390 g/mol. The number of carbonyl (C=O) groups is 1.